The van der Waals surface area contributed by atoms with E-state index in [-0.39, 0.29) is 22.9 Å². The first kappa shape index (κ1) is 23.6. The van der Waals surface area contributed by atoms with Crippen LogP contribution in [0.25, 0.3) is 16.8 Å². The summed E-state index contributed by atoms with van der Waals surface area (Å²) in [4.78, 5) is 39.4. The summed E-state index contributed by atoms with van der Waals surface area (Å²) in [6.07, 6.45) is 0.947. The molecule has 4 aromatic rings. The number of hydrogen-bond donors (Lipinski definition) is 3. The predicted molar refractivity (Wildman–Crippen MR) is 136 cm³/mol. The van der Waals surface area contributed by atoms with Crippen LogP contribution in [0.3, 0.4) is 0 Å². The maximum absolute atomic E-state index is 13.3. The zero-order valence-corrected chi connectivity index (χ0v) is 19.3. The van der Waals surface area contributed by atoms with E-state index >= 15 is 0 Å². The lowest BCUT2D eigenvalue weighted by Crippen LogP contribution is -2.20. The van der Waals surface area contributed by atoms with Crippen LogP contribution in [-0.4, -0.2) is 28.3 Å². The lowest BCUT2D eigenvalue weighted by atomic mass is 9.96. The minimum absolute atomic E-state index is 0.149. The Morgan fingerprint density at radius 2 is 1.69 bits per heavy atom. The fraction of sp³-hybridized carbons (Fsp3) is 0.0370. The molecule has 0 aliphatic heterocycles. The Balaban J connectivity index is 1.72. The molecule has 7 nitrogen and oxygen atoms in total. The third-order valence-corrected chi connectivity index (χ3v) is 6.08. The number of nitrogens with one attached hydrogen (secondary N) is 1. The van der Waals surface area contributed by atoms with Gasteiger partial charge in [0.1, 0.15) is 6.29 Å². The topological polar surface area (TPSA) is 122 Å². The normalized spacial score (nSPS) is 11.4. The zero-order chi connectivity index (χ0) is 24.8. The summed E-state index contributed by atoms with van der Waals surface area (Å²) in [5.74, 6) is -1.66. The van der Waals surface area contributed by atoms with Gasteiger partial charge in [0.25, 0.3) is 5.91 Å². The van der Waals surface area contributed by atoms with Crippen LogP contribution in [0.4, 0.5) is 5.13 Å². The number of hydrogen-bond acceptors (Lipinski definition) is 6. The number of thiazole rings is 1. The number of carboxylic acid groups (broad SMARTS) is 1. The summed E-state index contributed by atoms with van der Waals surface area (Å²) < 4.78 is 0. The highest BCUT2D eigenvalue weighted by atomic mass is 32.1. The van der Waals surface area contributed by atoms with Crippen molar-refractivity contribution in [3.8, 4) is 11.1 Å². The molecule has 0 atom stereocenters. The van der Waals surface area contributed by atoms with Crippen LogP contribution < -0.4 is 11.1 Å². The van der Waals surface area contributed by atoms with Gasteiger partial charge in [-0.05, 0) is 28.3 Å². The largest absolute Gasteiger partial charge is 0.476 e. The van der Waals surface area contributed by atoms with Gasteiger partial charge in [-0.2, -0.15) is 0 Å². The van der Waals surface area contributed by atoms with Crippen molar-refractivity contribution in [1.29, 1.82) is 0 Å². The quantitative estimate of drug-likeness (QED) is 0.243. The Morgan fingerprint density at radius 3 is 2.34 bits per heavy atom. The average molecular weight is 484 g/mol. The van der Waals surface area contributed by atoms with E-state index < -0.39 is 11.9 Å². The minimum atomic E-state index is -1.18. The molecule has 4 rings (SSSR count). The first-order valence-corrected chi connectivity index (χ1v) is 11.5. The SMILES string of the molecule is NC(=C(Cc1ccc(C=O)cc1)C(=O)Nc1nc(C(=O)O)cs1)c1cccc(-c2ccccc2)c1. The summed E-state index contributed by atoms with van der Waals surface area (Å²) in [7, 11) is 0. The Bertz CT molecular complexity index is 1410. The van der Waals surface area contributed by atoms with Gasteiger partial charge in [-0.25, -0.2) is 9.78 Å². The fourth-order valence-electron chi connectivity index (χ4n) is 3.49. The molecule has 0 saturated carbocycles. The molecule has 1 heterocycles. The zero-order valence-electron chi connectivity index (χ0n) is 18.5. The summed E-state index contributed by atoms with van der Waals surface area (Å²) in [5.41, 5.74) is 10.9. The minimum Gasteiger partial charge on any atom is -0.476 e. The average Bonchev–Trinajstić information content (AvgIpc) is 3.36. The van der Waals surface area contributed by atoms with E-state index in [2.05, 4.69) is 10.3 Å². The molecule has 8 heteroatoms. The third-order valence-electron chi connectivity index (χ3n) is 5.32. The van der Waals surface area contributed by atoms with Crippen LogP contribution in [0, 0.1) is 0 Å². The van der Waals surface area contributed by atoms with Crippen molar-refractivity contribution in [2.75, 3.05) is 5.32 Å². The maximum Gasteiger partial charge on any atom is 0.355 e. The number of benzene rings is 3. The fourth-order valence-corrected chi connectivity index (χ4v) is 4.17. The highest BCUT2D eigenvalue weighted by Crippen LogP contribution is 2.26. The lowest BCUT2D eigenvalue weighted by molar-refractivity contribution is -0.112. The monoisotopic (exact) mass is 483 g/mol. The van der Waals surface area contributed by atoms with Gasteiger partial charge in [0.2, 0.25) is 0 Å². The van der Waals surface area contributed by atoms with Crippen molar-refractivity contribution in [2.24, 2.45) is 5.73 Å². The predicted octanol–water partition coefficient (Wildman–Crippen LogP) is 4.87. The molecule has 174 valence electrons. The Hall–Kier alpha value is -4.56. The number of amides is 1. The van der Waals surface area contributed by atoms with E-state index in [1.54, 1.807) is 24.3 Å². The molecule has 0 radical (unpaired) electrons. The molecule has 0 bridgehead atoms. The van der Waals surface area contributed by atoms with Crippen molar-refractivity contribution in [1.82, 2.24) is 4.98 Å². The summed E-state index contributed by atoms with van der Waals surface area (Å²) >= 11 is 1.02. The first-order chi connectivity index (χ1) is 16.9. The summed E-state index contributed by atoms with van der Waals surface area (Å²) in [5, 5.41) is 13.3. The van der Waals surface area contributed by atoms with Gasteiger partial charge in [-0.1, -0.05) is 72.8 Å². The molecule has 0 aliphatic rings. The Kier molecular flexibility index (Phi) is 7.13. The van der Waals surface area contributed by atoms with Crippen LogP contribution in [0.1, 0.15) is 32.0 Å². The van der Waals surface area contributed by atoms with Gasteiger partial charge in [0.15, 0.2) is 10.8 Å². The molecule has 1 amide bonds. The highest BCUT2D eigenvalue weighted by Gasteiger charge is 2.19. The van der Waals surface area contributed by atoms with E-state index in [0.717, 1.165) is 34.3 Å². The van der Waals surface area contributed by atoms with E-state index in [9.17, 15) is 14.4 Å². The Labute approximate surface area is 205 Å². The molecule has 0 unspecified atom stereocenters. The standard InChI is InChI=1S/C27H21N3O4S/c28-24(21-8-4-7-20(14-21)19-5-2-1-3-6-19)22(13-17-9-11-18(15-31)12-10-17)25(32)30-27-29-23(16-35-27)26(33)34/h1-12,14-16H,13,28H2,(H,33,34)(H,29,30,32). The number of carboxylic acids is 1. The number of anilines is 1. The van der Waals surface area contributed by atoms with Gasteiger partial charge >= 0.3 is 5.97 Å². The van der Waals surface area contributed by atoms with Crippen LogP contribution in [-0.2, 0) is 11.2 Å². The van der Waals surface area contributed by atoms with Crippen molar-refractivity contribution < 1.29 is 19.5 Å². The number of nitrogens with zero attached hydrogens (tertiary/aromatic N) is 1. The molecular formula is C27H21N3O4S. The second kappa shape index (κ2) is 10.6. The van der Waals surface area contributed by atoms with Crippen molar-refractivity contribution >= 4 is 40.3 Å². The lowest BCUT2D eigenvalue weighted by Gasteiger charge is -2.13. The number of nitrogens with two attached hydrogens (primary N) is 1. The molecule has 35 heavy (non-hydrogen) atoms. The Morgan fingerprint density at radius 1 is 0.971 bits per heavy atom. The molecule has 0 aliphatic carbocycles. The molecule has 3 aromatic carbocycles. The number of aromatic carboxylic acids is 1. The number of carbonyl (C=O) groups is 3. The van der Waals surface area contributed by atoms with E-state index in [1.807, 2.05) is 54.6 Å². The number of rotatable bonds is 8. The van der Waals surface area contributed by atoms with Gasteiger partial charge < -0.3 is 10.8 Å². The van der Waals surface area contributed by atoms with Crippen LogP contribution >= 0.6 is 11.3 Å². The number of aldehydes is 1. The number of carbonyl (C=O) groups excluding carboxylic acids is 2. The molecule has 1 aromatic heterocycles. The second-order valence-corrected chi connectivity index (χ2v) is 8.53. The van der Waals surface area contributed by atoms with Crippen molar-refractivity contribution in [3.05, 3.63) is 112 Å². The van der Waals surface area contributed by atoms with Crippen LogP contribution in [0.15, 0.2) is 89.8 Å². The molecule has 0 fully saturated rings. The van der Waals surface area contributed by atoms with Crippen LogP contribution in [0.2, 0.25) is 0 Å². The van der Waals surface area contributed by atoms with Crippen molar-refractivity contribution in [2.45, 2.75) is 6.42 Å². The summed E-state index contributed by atoms with van der Waals surface area (Å²) in [6, 6.07) is 24.3. The van der Waals surface area contributed by atoms with E-state index in [0.29, 0.717) is 16.7 Å². The second-order valence-electron chi connectivity index (χ2n) is 7.67. The molecule has 4 N–H and O–H groups in total. The number of aromatic nitrogens is 1. The smallest absolute Gasteiger partial charge is 0.355 e. The van der Waals surface area contributed by atoms with Gasteiger partial charge in [0, 0.05) is 28.6 Å². The van der Waals surface area contributed by atoms with Crippen molar-refractivity contribution in [3.63, 3.8) is 0 Å². The molecule has 0 spiro atoms. The van der Waals surface area contributed by atoms with E-state index in [1.165, 1.54) is 5.38 Å². The third kappa shape index (κ3) is 5.69. The summed E-state index contributed by atoms with van der Waals surface area (Å²) in [6.45, 7) is 0. The van der Waals surface area contributed by atoms with E-state index in [4.69, 9.17) is 10.8 Å². The molecule has 0 saturated heterocycles. The molecular weight excluding hydrogens is 462 g/mol. The highest BCUT2D eigenvalue weighted by molar-refractivity contribution is 7.14. The maximum atomic E-state index is 13.3. The van der Waals surface area contributed by atoms with Crippen LogP contribution in [0.5, 0.6) is 0 Å². The van der Waals surface area contributed by atoms with Gasteiger partial charge in [-0.15, -0.1) is 11.3 Å². The van der Waals surface area contributed by atoms with Gasteiger partial charge in [-0.3, -0.25) is 14.9 Å². The van der Waals surface area contributed by atoms with Gasteiger partial charge in [0.05, 0.1) is 0 Å². The first-order valence-electron chi connectivity index (χ1n) is 10.6.